The molecule has 0 aliphatic heterocycles. The lowest BCUT2D eigenvalue weighted by molar-refractivity contribution is -0.136. The minimum Gasteiger partial charge on any atom is -0.496 e. The van der Waals surface area contributed by atoms with Crippen LogP contribution < -0.4 is 9.47 Å². The smallest absolute Gasteiger partial charge is 0.303 e. The van der Waals surface area contributed by atoms with Crippen LogP contribution in [0.25, 0.3) is 0 Å². The predicted octanol–water partition coefficient (Wildman–Crippen LogP) is 2.03. The van der Waals surface area contributed by atoms with Gasteiger partial charge in [0.2, 0.25) is 0 Å². The summed E-state index contributed by atoms with van der Waals surface area (Å²) in [6.07, 6.45) is 0.526. The number of hydrogen-bond donors (Lipinski definition) is 1. The lowest BCUT2D eigenvalue weighted by atomic mass is 10.1. The first-order valence-corrected chi connectivity index (χ1v) is 5.01. The lowest BCUT2D eigenvalue weighted by Gasteiger charge is -2.12. The molecule has 88 valence electrons. The van der Waals surface area contributed by atoms with Crippen LogP contribution in [-0.2, 0) is 11.2 Å². The monoisotopic (exact) mass is 224 g/mol. The Labute approximate surface area is 94.8 Å². The molecule has 4 nitrogen and oxygen atoms in total. The molecule has 0 fully saturated rings. The zero-order chi connectivity index (χ0) is 12.1. The number of aryl methyl sites for hydroxylation is 2. The van der Waals surface area contributed by atoms with Gasteiger partial charge in [0, 0.05) is 6.42 Å². The quantitative estimate of drug-likeness (QED) is 0.831. The third kappa shape index (κ3) is 2.89. The maximum Gasteiger partial charge on any atom is 0.303 e. The van der Waals surface area contributed by atoms with Crippen LogP contribution in [0.15, 0.2) is 12.1 Å². The van der Waals surface area contributed by atoms with Crippen LogP contribution in [0.3, 0.4) is 0 Å². The molecule has 0 amide bonds. The number of carboxylic acid groups (broad SMARTS) is 1. The van der Waals surface area contributed by atoms with Gasteiger partial charge in [-0.3, -0.25) is 4.79 Å². The Morgan fingerprint density at radius 3 is 2.38 bits per heavy atom. The van der Waals surface area contributed by atoms with Crippen LogP contribution in [0.5, 0.6) is 11.5 Å². The van der Waals surface area contributed by atoms with E-state index in [2.05, 4.69) is 0 Å². The fraction of sp³-hybridized carbons (Fsp3) is 0.417. The standard InChI is InChI=1S/C12H16O4/c1-8-6-11(16-3)9(4-5-12(13)14)7-10(8)15-2/h6-7H,4-5H2,1-3H3,(H,13,14). The van der Waals surface area contributed by atoms with Gasteiger partial charge in [-0.1, -0.05) is 0 Å². The minimum absolute atomic E-state index is 0.0859. The van der Waals surface area contributed by atoms with E-state index in [1.54, 1.807) is 14.2 Å². The molecule has 1 aromatic rings. The summed E-state index contributed by atoms with van der Waals surface area (Å²) in [7, 11) is 3.17. The van der Waals surface area contributed by atoms with Crippen LogP contribution in [0.1, 0.15) is 17.5 Å². The fourth-order valence-corrected chi connectivity index (χ4v) is 1.55. The van der Waals surface area contributed by atoms with Gasteiger partial charge in [-0.05, 0) is 36.6 Å². The number of aliphatic carboxylic acids is 1. The van der Waals surface area contributed by atoms with E-state index < -0.39 is 5.97 Å². The first-order valence-electron chi connectivity index (χ1n) is 5.01. The second-order valence-electron chi connectivity index (χ2n) is 3.53. The van der Waals surface area contributed by atoms with Crippen molar-refractivity contribution in [3.05, 3.63) is 23.3 Å². The van der Waals surface area contributed by atoms with E-state index >= 15 is 0 Å². The Balaban J connectivity index is 2.99. The number of benzene rings is 1. The average Bonchev–Trinajstić information content (AvgIpc) is 2.26. The summed E-state index contributed by atoms with van der Waals surface area (Å²) in [6, 6.07) is 3.69. The first-order chi connectivity index (χ1) is 7.58. The largest absolute Gasteiger partial charge is 0.496 e. The Morgan fingerprint density at radius 2 is 1.88 bits per heavy atom. The van der Waals surface area contributed by atoms with Crippen molar-refractivity contribution in [3.63, 3.8) is 0 Å². The van der Waals surface area contributed by atoms with Gasteiger partial charge < -0.3 is 14.6 Å². The highest BCUT2D eigenvalue weighted by Gasteiger charge is 2.09. The minimum atomic E-state index is -0.818. The van der Waals surface area contributed by atoms with Gasteiger partial charge in [-0.15, -0.1) is 0 Å². The van der Waals surface area contributed by atoms with Crippen molar-refractivity contribution in [1.29, 1.82) is 0 Å². The van der Waals surface area contributed by atoms with Crippen molar-refractivity contribution in [2.24, 2.45) is 0 Å². The Morgan fingerprint density at radius 1 is 1.25 bits per heavy atom. The van der Waals surface area contributed by atoms with Crippen molar-refractivity contribution >= 4 is 5.97 Å². The van der Waals surface area contributed by atoms with E-state index in [1.807, 2.05) is 19.1 Å². The number of ether oxygens (including phenoxy) is 2. The van der Waals surface area contributed by atoms with Gasteiger partial charge in [-0.2, -0.15) is 0 Å². The zero-order valence-electron chi connectivity index (χ0n) is 9.74. The summed E-state index contributed by atoms with van der Waals surface area (Å²) in [6.45, 7) is 1.92. The molecule has 0 aliphatic carbocycles. The summed E-state index contributed by atoms with van der Waals surface area (Å²) < 4.78 is 10.4. The van der Waals surface area contributed by atoms with E-state index in [0.717, 1.165) is 16.9 Å². The molecule has 16 heavy (non-hydrogen) atoms. The molecule has 1 aromatic carbocycles. The molecule has 0 aliphatic rings. The highest BCUT2D eigenvalue weighted by atomic mass is 16.5. The van der Waals surface area contributed by atoms with E-state index in [4.69, 9.17) is 14.6 Å². The van der Waals surface area contributed by atoms with Gasteiger partial charge in [0.05, 0.1) is 14.2 Å². The Hall–Kier alpha value is -1.71. The number of rotatable bonds is 5. The van der Waals surface area contributed by atoms with E-state index in [1.165, 1.54) is 0 Å². The molecule has 0 saturated heterocycles. The third-order valence-corrected chi connectivity index (χ3v) is 2.41. The van der Waals surface area contributed by atoms with Crippen molar-refractivity contribution in [1.82, 2.24) is 0 Å². The van der Waals surface area contributed by atoms with Gasteiger partial charge in [0.25, 0.3) is 0 Å². The van der Waals surface area contributed by atoms with Gasteiger partial charge in [0.15, 0.2) is 0 Å². The molecular formula is C12H16O4. The molecule has 0 saturated carbocycles. The Bertz CT molecular complexity index is 385. The molecular weight excluding hydrogens is 208 g/mol. The van der Waals surface area contributed by atoms with Crippen molar-refractivity contribution in [2.45, 2.75) is 19.8 Å². The normalized spacial score (nSPS) is 9.94. The zero-order valence-corrected chi connectivity index (χ0v) is 9.74. The van der Waals surface area contributed by atoms with Crippen molar-refractivity contribution < 1.29 is 19.4 Å². The van der Waals surface area contributed by atoms with Crippen LogP contribution >= 0.6 is 0 Å². The topological polar surface area (TPSA) is 55.8 Å². The summed E-state index contributed by atoms with van der Waals surface area (Å²) >= 11 is 0. The van der Waals surface area contributed by atoms with E-state index in [0.29, 0.717) is 12.2 Å². The third-order valence-electron chi connectivity index (χ3n) is 2.41. The second-order valence-corrected chi connectivity index (χ2v) is 3.53. The number of carboxylic acids is 1. The summed E-state index contributed by atoms with van der Waals surface area (Å²) in [5.74, 6) is 0.641. The molecule has 0 aromatic heterocycles. The van der Waals surface area contributed by atoms with Crippen LogP contribution in [0.4, 0.5) is 0 Å². The average molecular weight is 224 g/mol. The fourth-order valence-electron chi connectivity index (χ4n) is 1.55. The molecule has 0 unspecified atom stereocenters. The molecule has 4 heteroatoms. The molecule has 0 radical (unpaired) electrons. The SMILES string of the molecule is COc1cc(CCC(=O)O)c(OC)cc1C. The first kappa shape index (κ1) is 12.4. The molecule has 1 rings (SSSR count). The van der Waals surface area contributed by atoms with Gasteiger partial charge in [0.1, 0.15) is 11.5 Å². The summed E-state index contributed by atoms with van der Waals surface area (Å²) in [4.78, 5) is 10.5. The second kappa shape index (κ2) is 5.39. The highest BCUT2D eigenvalue weighted by molar-refractivity contribution is 5.67. The molecule has 0 spiro atoms. The maximum atomic E-state index is 10.5. The summed E-state index contributed by atoms with van der Waals surface area (Å²) in [5.41, 5.74) is 1.82. The molecule has 1 N–H and O–H groups in total. The summed E-state index contributed by atoms with van der Waals surface area (Å²) in [5, 5.41) is 8.65. The predicted molar refractivity (Wildman–Crippen MR) is 60.2 cm³/mol. The lowest BCUT2D eigenvalue weighted by Crippen LogP contribution is -2.01. The molecule has 0 heterocycles. The van der Waals surface area contributed by atoms with Crippen molar-refractivity contribution in [2.75, 3.05) is 14.2 Å². The molecule has 0 bridgehead atoms. The van der Waals surface area contributed by atoms with E-state index in [-0.39, 0.29) is 6.42 Å². The van der Waals surface area contributed by atoms with E-state index in [9.17, 15) is 4.79 Å². The Kier molecular flexibility index (Phi) is 4.17. The number of hydrogen-bond acceptors (Lipinski definition) is 3. The van der Waals surface area contributed by atoms with Crippen LogP contribution in [0, 0.1) is 6.92 Å². The number of carbonyl (C=O) groups is 1. The van der Waals surface area contributed by atoms with Crippen molar-refractivity contribution in [3.8, 4) is 11.5 Å². The van der Waals surface area contributed by atoms with Gasteiger partial charge >= 0.3 is 5.97 Å². The van der Waals surface area contributed by atoms with Crippen LogP contribution in [-0.4, -0.2) is 25.3 Å². The van der Waals surface area contributed by atoms with Gasteiger partial charge in [-0.25, -0.2) is 0 Å². The van der Waals surface area contributed by atoms with Crippen LogP contribution in [0.2, 0.25) is 0 Å². The highest BCUT2D eigenvalue weighted by Crippen LogP contribution is 2.28. The molecule has 0 atom stereocenters. The number of methoxy groups -OCH3 is 2. The maximum absolute atomic E-state index is 10.5.